The Morgan fingerprint density at radius 1 is 1.33 bits per heavy atom. The van der Waals surface area contributed by atoms with Gasteiger partial charge in [0.15, 0.2) is 0 Å². The van der Waals surface area contributed by atoms with Gasteiger partial charge in [-0.1, -0.05) is 6.08 Å². The number of nitrogens with zero attached hydrogens (tertiary/aromatic N) is 1. The van der Waals surface area contributed by atoms with Crippen LogP contribution >= 0.6 is 0 Å². The average Bonchev–Trinajstić information content (AvgIpc) is 2.33. The van der Waals surface area contributed by atoms with Crippen LogP contribution < -0.4 is 34.8 Å². The predicted molar refractivity (Wildman–Crippen MR) is 71.3 cm³/mol. The first-order valence-corrected chi connectivity index (χ1v) is 5.86. The predicted octanol–water partition coefficient (Wildman–Crippen LogP) is -2.30. The van der Waals surface area contributed by atoms with Crippen molar-refractivity contribution < 1.29 is 38.3 Å². The summed E-state index contributed by atoms with van der Waals surface area (Å²) in [6.07, 6.45) is 3.08. The molecule has 2 N–H and O–H groups in total. The summed E-state index contributed by atoms with van der Waals surface area (Å²) in [4.78, 5) is 25.6. The minimum absolute atomic E-state index is 0. The number of pyridine rings is 1. The third-order valence-electron chi connectivity index (χ3n) is 1.89. The summed E-state index contributed by atoms with van der Waals surface area (Å²) in [7, 11) is 0. The first-order valence-electron chi connectivity index (χ1n) is 5.86. The van der Waals surface area contributed by atoms with Crippen LogP contribution in [0.15, 0.2) is 24.4 Å². The Morgan fingerprint density at radius 3 is 2.48 bits per heavy atom. The Balaban J connectivity index is 0.00000400. The van der Waals surface area contributed by atoms with E-state index >= 15 is 0 Å². The van der Waals surface area contributed by atoms with Gasteiger partial charge in [0.2, 0.25) is 0 Å². The summed E-state index contributed by atoms with van der Waals surface area (Å²) >= 11 is 0. The minimum atomic E-state index is -1.28. The summed E-state index contributed by atoms with van der Waals surface area (Å²) in [6, 6.07) is 3.21. The van der Waals surface area contributed by atoms with E-state index in [2.05, 4.69) is 15.8 Å². The second kappa shape index (κ2) is 8.34. The molecule has 1 amide bonds. The van der Waals surface area contributed by atoms with E-state index in [0.29, 0.717) is 11.4 Å². The van der Waals surface area contributed by atoms with Crippen LogP contribution in [0.1, 0.15) is 26.3 Å². The molecule has 0 radical (unpaired) electrons. The van der Waals surface area contributed by atoms with Gasteiger partial charge in [0.1, 0.15) is 11.4 Å². The molecule has 0 aliphatic carbocycles. The SMILES string of the molecule is CC(C)(C)OC(=O)NNc1ccc(/C=C/C(=O)[O-])cn1.[Li+]. The fraction of sp³-hybridized carbons (Fsp3) is 0.308. The molecule has 0 aliphatic rings. The molecule has 0 saturated carbocycles. The second-order valence-electron chi connectivity index (χ2n) is 4.88. The zero-order chi connectivity index (χ0) is 15.2. The Bertz CT molecular complexity index is 509. The van der Waals surface area contributed by atoms with Gasteiger partial charge in [-0.15, -0.1) is 0 Å². The molecule has 1 aromatic rings. The Hall–Kier alpha value is -1.97. The Kier molecular flexibility index (Phi) is 7.56. The van der Waals surface area contributed by atoms with Crippen LogP contribution in [-0.2, 0) is 9.53 Å². The number of ether oxygens (including phenoxy) is 1. The van der Waals surface area contributed by atoms with Crippen LogP contribution in [0.2, 0.25) is 0 Å². The zero-order valence-corrected chi connectivity index (χ0v) is 12.5. The number of carboxylic acid groups (broad SMARTS) is 1. The molecule has 21 heavy (non-hydrogen) atoms. The van der Waals surface area contributed by atoms with Gasteiger partial charge in [-0.3, -0.25) is 5.43 Å². The number of carbonyl (C=O) groups is 2. The normalized spacial score (nSPS) is 10.6. The van der Waals surface area contributed by atoms with Crippen LogP contribution in [0.25, 0.3) is 6.08 Å². The molecule has 0 bridgehead atoms. The van der Waals surface area contributed by atoms with Crippen LogP contribution in [0, 0.1) is 0 Å². The van der Waals surface area contributed by atoms with E-state index in [-0.39, 0.29) is 18.9 Å². The summed E-state index contributed by atoms with van der Waals surface area (Å²) < 4.78 is 5.02. The van der Waals surface area contributed by atoms with E-state index in [0.717, 1.165) is 6.08 Å². The topological polar surface area (TPSA) is 103 Å². The molecule has 0 aromatic carbocycles. The van der Waals surface area contributed by atoms with E-state index in [1.807, 2.05) is 0 Å². The molecule has 7 nitrogen and oxygen atoms in total. The molecule has 0 saturated heterocycles. The minimum Gasteiger partial charge on any atom is -0.545 e. The second-order valence-corrected chi connectivity index (χ2v) is 4.88. The van der Waals surface area contributed by atoms with Crippen molar-refractivity contribution in [2.24, 2.45) is 0 Å². The van der Waals surface area contributed by atoms with E-state index in [9.17, 15) is 14.7 Å². The van der Waals surface area contributed by atoms with Crippen molar-refractivity contribution in [2.45, 2.75) is 26.4 Å². The fourth-order valence-electron chi connectivity index (χ4n) is 1.16. The van der Waals surface area contributed by atoms with Crippen molar-refractivity contribution in [1.82, 2.24) is 10.4 Å². The molecule has 0 spiro atoms. The van der Waals surface area contributed by atoms with Gasteiger partial charge in [-0.05, 0) is 44.5 Å². The molecular formula is C13H16LiN3O4. The van der Waals surface area contributed by atoms with Gasteiger partial charge in [-0.2, -0.15) is 0 Å². The first kappa shape index (κ1) is 19.0. The van der Waals surface area contributed by atoms with E-state index < -0.39 is 17.7 Å². The number of rotatable bonds is 4. The molecule has 1 heterocycles. The number of hydrogen-bond donors (Lipinski definition) is 2. The third-order valence-corrected chi connectivity index (χ3v) is 1.89. The molecule has 0 unspecified atom stereocenters. The van der Waals surface area contributed by atoms with Gasteiger partial charge in [-0.25, -0.2) is 15.2 Å². The van der Waals surface area contributed by atoms with Gasteiger partial charge in [0.25, 0.3) is 0 Å². The fourth-order valence-corrected chi connectivity index (χ4v) is 1.16. The molecule has 8 heteroatoms. The number of anilines is 1. The summed E-state index contributed by atoms with van der Waals surface area (Å²) in [5.41, 5.74) is 4.91. The maximum Gasteiger partial charge on any atom is 1.00 e. The van der Waals surface area contributed by atoms with E-state index in [1.54, 1.807) is 32.9 Å². The maximum absolute atomic E-state index is 11.4. The largest absolute Gasteiger partial charge is 1.00 e. The number of aliphatic carboxylic acids is 1. The van der Waals surface area contributed by atoms with Gasteiger partial charge < -0.3 is 14.6 Å². The van der Waals surface area contributed by atoms with Crippen molar-refractivity contribution in [2.75, 3.05) is 5.43 Å². The van der Waals surface area contributed by atoms with E-state index in [4.69, 9.17) is 4.74 Å². The quantitative estimate of drug-likeness (QED) is 0.366. The summed E-state index contributed by atoms with van der Waals surface area (Å²) in [5.74, 6) is -0.889. The first-order chi connectivity index (χ1) is 9.26. The number of carbonyl (C=O) groups excluding carboxylic acids is 2. The Morgan fingerprint density at radius 2 is 2.00 bits per heavy atom. The third kappa shape index (κ3) is 8.73. The number of amides is 1. The van der Waals surface area contributed by atoms with Crippen molar-refractivity contribution >= 4 is 24.0 Å². The standard InChI is InChI=1S/C13H17N3O4.Li/c1-13(2,3)20-12(19)16-15-10-6-4-9(8-14-10)5-7-11(17)18;/h4-8H,1-3H3,(H,14,15)(H,16,19)(H,17,18);/q;+1/p-1/b7-5+;. The number of hydrazine groups is 1. The zero-order valence-electron chi connectivity index (χ0n) is 12.5. The molecular weight excluding hydrogens is 269 g/mol. The molecule has 1 aromatic heterocycles. The van der Waals surface area contributed by atoms with Crippen LogP contribution in [0.5, 0.6) is 0 Å². The van der Waals surface area contributed by atoms with Gasteiger partial charge in [0, 0.05) is 6.20 Å². The van der Waals surface area contributed by atoms with Crippen LogP contribution in [0.3, 0.4) is 0 Å². The average molecular weight is 285 g/mol. The maximum atomic E-state index is 11.4. The number of aromatic nitrogens is 1. The molecule has 0 atom stereocenters. The Labute approximate surface area is 134 Å². The number of carboxylic acids is 1. The smallest absolute Gasteiger partial charge is 0.545 e. The number of hydrogen-bond acceptors (Lipinski definition) is 6. The van der Waals surface area contributed by atoms with Crippen molar-refractivity contribution in [3.05, 3.63) is 30.0 Å². The van der Waals surface area contributed by atoms with Gasteiger partial charge in [0.05, 0.1) is 5.97 Å². The van der Waals surface area contributed by atoms with Crippen LogP contribution in [0.4, 0.5) is 10.6 Å². The van der Waals surface area contributed by atoms with E-state index in [1.165, 1.54) is 12.3 Å². The summed E-state index contributed by atoms with van der Waals surface area (Å²) in [6.45, 7) is 5.26. The summed E-state index contributed by atoms with van der Waals surface area (Å²) in [5, 5.41) is 10.2. The van der Waals surface area contributed by atoms with Gasteiger partial charge >= 0.3 is 25.0 Å². The van der Waals surface area contributed by atoms with Crippen LogP contribution in [-0.4, -0.2) is 22.6 Å². The number of nitrogens with one attached hydrogen (secondary N) is 2. The molecule has 1 rings (SSSR count). The van der Waals surface area contributed by atoms with Crippen molar-refractivity contribution in [3.63, 3.8) is 0 Å². The molecule has 108 valence electrons. The molecule has 0 aliphatic heterocycles. The monoisotopic (exact) mass is 285 g/mol. The van der Waals surface area contributed by atoms with Crippen molar-refractivity contribution in [3.8, 4) is 0 Å². The molecule has 0 fully saturated rings. The van der Waals surface area contributed by atoms with Crippen molar-refractivity contribution in [1.29, 1.82) is 0 Å².